The number of carbonyl (C=O) groups excluding carboxylic acids is 3. The van der Waals surface area contributed by atoms with E-state index in [4.69, 9.17) is 28.8 Å². The van der Waals surface area contributed by atoms with E-state index in [1.54, 1.807) is 12.1 Å². The molecule has 2 aromatic rings. The van der Waals surface area contributed by atoms with Gasteiger partial charge in [-0.1, -0.05) is 38.2 Å². The Bertz CT molecular complexity index is 1670. The molecule has 0 spiro atoms. The van der Waals surface area contributed by atoms with Crippen LogP contribution in [-0.2, 0) is 33.4 Å². The zero-order valence-corrected chi connectivity index (χ0v) is 26.7. The summed E-state index contributed by atoms with van der Waals surface area (Å²) < 4.78 is 22.0. The molecule has 0 amide bonds. The molecule has 5 atom stereocenters. The molecule has 0 aliphatic heterocycles. The van der Waals surface area contributed by atoms with Crippen LogP contribution in [0.5, 0.6) is 5.75 Å². The standard InChI is InChI=1S/C35H40O12/c1-20-5-10-27-34(3,25(20)9-6-22-17-33(43)46-26-18-23(45-21(2)36)7-8-24(22)26)16-15-28(47-32(42)14-12-30(39)40)35(27,4)19-44-31(41)13-11-29(37)38/h6-9,17-18,25,27-28H,1,5,10-16,19H2,2-4H3,(H,37,38)(H,39,40)/b9-6+/t25-,27?,28-,34+,35+/m1/s1. The van der Waals surface area contributed by atoms with Gasteiger partial charge in [-0.3, -0.25) is 24.0 Å². The molecule has 47 heavy (non-hydrogen) atoms. The van der Waals surface area contributed by atoms with Gasteiger partial charge in [-0.2, -0.15) is 0 Å². The van der Waals surface area contributed by atoms with Gasteiger partial charge in [-0.15, -0.1) is 0 Å². The Morgan fingerprint density at radius 3 is 2.34 bits per heavy atom. The molecule has 12 nitrogen and oxygen atoms in total. The molecule has 4 rings (SSSR count). The first-order valence-corrected chi connectivity index (χ1v) is 15.5. The van der Waals surface area contributed by atoms with Crippen molar-refractivity contribution in [3.8, 4) is 5.75 Å². The molecule has 12 heteroatoms. The van der Waals surface area contributed by atoms with E-state index in [0.29, 0.717) is 36.6 Å². The van der Waals surface area contributed by atoms with Crippen LogP contribution >= 0.6 is 0 Å². The maximum Gasteiger partial charge on any atom is 0.336 e. The number of aliphatic carboxylic acids is 2. The molecular weight excluding hydrogens is 612 g/mol. The monoisotopic (exact) mass is 652 g/mol. The van der Waals surface area contributed by atoms with Crippen LogP contribution in [0.15, 0.2) is 51.7 Å². The number of rotatable bonds is 12. The van der Waals surface area contributed by atoms with E-state index in [0.717, 1.165) is 5.57 Å². The molecule has 2 fully saturated rings. The van der Waals surface area contributed by atoms with Gasteiger partial charge >= 0.3 is 35.5 Å². The second kappa shape index (κ2) is 14.4. The number of carboxylic acid groups (broad SMARTS) is 2. The quantitative estimate of drug-likeness (QED) is 0.131. The van der Waals surface area contributed by atoms with Crippen molar-refractivity contribution in [1.29, 1.82) is 0 Å². The van der Waals surface area contributed by atoms with Crippen molar-refractivity contribution in [3.63, 3.8) is 0 Å². The van der Waals surface area contributed by atoms with Gasteiger partial charge in [0.15, 0.2) is 0 Å². The van der Waals surface area contributed by atoms with Crippen molar-refractivity contribution in [1.82, 2.24) is 0 Å². The molecule has 1 unspecified atom stereocenters. The fourth-order valence-electron chi connectivity index (χ4n) is 7.33. The molecule has 0 radical (unpaired) electrons. The predicted molar refractivity (Wildman–Crippen MR) is 168 cm³/mol. The van der Waals surface area contributed by atoms with Crippen LogP contribution in [0.3, 0.4) is 0 Å². The number of carboxylic acids is 2. The molecule has 2 saturated carbocycles. The normalized spacial score (nSPS) is 25.6. The van der Waals surface area contributed by atoms with Gasteiger partial charge in [-0.05, 0) is 54.7 Å². The van der Waals surface area contributed by atoms with E-state index in [-0.39, 0.29) is 55.5 Å². The summed E-state index contributed by atoms with van der Waals surface area (Å²) in [4.78, 5) is 71.2. The predicted octanol–water partition coefficient (Wildman–Crippen LogP) is 5.30. The van der Waals surface area contributed by atoms with E-state index in [9.17, 15) is 28.8 Å². The summed E-state index contributed by atoms with van der Waals surface area (Å²) in [6.07, 6.45) is 4.09. The van der Waals surface area contributed by atoms with E-state index in [1.165, 1.54) is 19.1 Å². The number of fused-ring (bicyclic) bond motifs is 2. The minimum atomic E-state index is -1.13. The minimum Gasteiger partial charge on any atom is -0.481 e. The summed E-state index contributed by atoms with van der Waals surface area (Å²) >= 11 is 0. The molecule has 2 N–H and O–H groups in total. The fraction of sp³-hybridized carbons (Fsp3) is 0.486. The largest absolute Gasteiger partial charge is 0.481 e. The molecule has 2 aliphatic rings. The van der Waals surface area contributed by atoms with Crippen LogP contribution in [0.1, 0.15) is 77.7 Å². The van der Waals surface area contributed by atoms with E-state index < -0.39 is 52.4 Å². The van der Waals surface area contributed by atoms with Crippen molar-refractivity contribution in [3.05, 3.63) is 58.5 Å². The topological polar surface area (TPSA) is 184 Å². The molecule has 252 valence electrons. The van der Waals surface area contributed by atoms with Crippen LogP contribution in [0.25, 0.3) is 17.0 Å². The third-order valence-electron chi connectivity index (χ3n) is 9.56. The van der Waals surface area contributed by atoms with Crippen LogP contribution in [-0.4, -0.2) is 52.8 Å². The highest BCUT2D eigenvalue weighted by Crippen LogP contribution is 2.62. The summed E-state index contributed by atoms with van der Waals surface area (Å²) in [5.74, 6) is -4.19. The second-order valence-electron chi connectivity index (χ2n) is 12.8. The van der Waals surface area contributed by atoms with E-state index >= 15 is 0 Å². The number of ether oxygens (including phenoxy) is 3. The smallest absolute Gasteiger partial charge is 0.336 e. The molecular formula is C35H40O12. The Hall–Kier alpha value is -4.74. The van der Waals surface area contributed by atoms with Crippen molar-refractivity contribution in [2.75, 3.05) is 6.61 Å². The maximum absolute atomic E-state index is 12.7. The molecule has 2 aliphatic carbocycles. The zero-order valence-electron chi connectivity index (χ0n) is 26.7. The molecule has 0 bridgehead atoms. The number of carbonyl (C=O) groups is 5. The summed E-state index contributed by atoms with van der Waals surface area (Å²) in [5, 5.41) is 18.7. The van der Waals surface area contributed by atoms with Gasteiger partial charge in [0.25, 0.3) is 0 Å². The SMILES string of the molecule is C=C1CCC2[C@](C)(COC(=O)CCC(=O)O)[C@H](OC(=O)CCC(=O)O)CC[C@@]2(C)[C@@H]1/C=C/c1cc(=O)oc2cc(OC(C)=O)ccc12. The number of hydrogen-bond acceptors (Lipinski definition) is 10. The lowest BCUT2D eigenvalue weighted by Gasteiger charge is -2.60. The zero-order chi connectivity index (χ0) is 34.5. The first-order valence-electron chi connectivity index (χ1n) is 15.5. The number of esters is 3. The highest BCUT2D eigenvalue weighted by atomic mass is 16.6. The van der Waals surface area contributed by atoms with Gasteiger partial charge in [0.1, 0.15) is 24.0 Å². The van der Waals surface area contributed by atoms with Crippen LogP contribution < -0.4 is 10.4 Å². The number of allylic oxidation sites excluding steroid dienone is 2. The number of benzene rings is 1. The summed E-state index contributed by atoms with van der Waals surface area (Å²) in [5.41, 5.74) is -0.0837. The molecule has 1 aromatic carbocycles. The Kier molecular flexibility index (Phi) is 10.7. The van der Waals surface area contributed by atoms with Gasteiger partial charge in [0.05, 0.1) is 25.7 Å². The van der Waals surface area contributed by atoms with Crippen LogP contribution in [0.4, 0.5) is 0 Å². The van der Waals surface area contributed by atoms with Crippen molar-refractivity contribution in [2.24, 2.45) is 22.7 Å². The Labute approximate surface area is 271 Å². The van der Waals surface area contributed by atoms with Crippen LogP contribution in [0, 0.1) is 22.7 Å². The number of hydrogen-bond donors (Lipinski definition) is 2. The average Bonchev–Trinajstić information content (AvgIpc) is 2.98. The van der Waals surface area contributed by atoms with E-state index in [1.807, 2.05) is 19.1 Å². The van der Waals surface area contributed by atoms with Crippen molar-refractivity contribution in [2.45, 2.75) is 78.2 Å². The van der Waals surface area contributed by atoms with Crippen molar-refractivity contribution < 1.29 is 52.8 Å². The fourth-order valence-corrected chi connectivity index (χ4v) is 7.33. The molecule has 1 aromatic heterocycles. The summed E-state index contributed by atoms with van der Waals surface area (Å²) in [6.45, 7) is 9.53. The lowest BCUT2D eigenvalue weighted by Crippen LogP contribution is -2.58. The average molecular weight is 653 g/mol. The van der Waals surface area contributed by atoms with Gasteiger partial charge in [0, 0.05) is 35.8 Å². The first-order chi connectivity index (χ1) is 22.1. The van der Waals surface area contributed by atoms with Gasteiger partial charge in [0.2, 0.25) is 0 Å². The minimum absolute atomic E-state index is 0.124. The third-order valence-corrected chi connectivity index (χ3v) is 9.56. The highest BCUT2D eigenvalue weighted by Gasteiger charge is 2.59. The van der Waals surface area contributed by atoms with Crippen molar-refractivity contribution >= 4 is 46.9 Å². The summed E-state index contributed by atoms with van der Waals surface area (Å²) in [6, 6.07) is 6.18. The molecule has 1 heterocycles. The second-order valence-corrected chi connectivity index (χ2v) is 12.8. The lowest BCUT2D eigenvalue weighted by molar-refractivity contribution is -0.192. The lowest BCUT2D eigenvalue weighted by atomic mass is 9.46. The Morgan fingerprint density at radius 1 is 1.00 bits per heavy atom. The van der Waals surface area contributed by atoms with E-state index in [2.05, 4.69) is 13.5 Å². The maximum atomic E-state index is 12.7. The summed E-state index contributed by atoms with van der Waals surface area (Å²) in [7, 11) is 0. The Balaban J connectivity index is 1.66. The molecule has 0 saturated heterocycles. The third kappa shape index (κ3) is 8.16. The highest BCUT2D eigenvalue weighted by molar-refractivity contribution is 5.87. The van der Waals surface area contributed by atoms with Gasteiger partial charge in [-0.25, -0.2) is 4.79 Å². The Morgan fingerprint density at radius 2 is 1.68 bits per heavy atom. The first kappa shape index (κ1) is 35.1. The van der Waals surface area contributed by atoms with Gasteiger partial charge < -0.3 is 28.8 Å². The van der Waals surface area contributed by atoms with Crippen LogP contribution in [0.2, 0.25) is 0 Å².